The van der Waals surface area contributed by atoms with Crippen LogP contribution in [0.2, 0.25) is 0 Å². The van der Waals surface area contributed by atoms with Crippen LogP contribution in [0.5, 0.6) is 23.0 Å². The molecule has 6 nitrogen and oxygen atoms in total. The first-order valence-corrected chi connectivity index (χ1v) is 7.06. The highest BCUT2D eigenvalue weighted by atomic mass is 16.7. The van der Waals surface area contributed by atoms with Crippen molar-refractivity contribution in [3.05, 3.63) is 47.5 Å². The maximum Gasteiger partial charge on any atom is 0.306 e. The SMILES string of the molecule is COC(=O)C[C@@H](c1ccc(O)cc1)c1cc2c(cc1O)OCO2. The average molecular weight is 316 g/mol. The molecule has 0 saturated carbocycles. The molecule has 1 heterocycles. The van der Waals surface area contributed by atoms with E-state index in [4.69, 9.17) is 14.2 Å². The summed E-state index contributed by atoms with van der Waals surface area (Å²) in [6.45, 7) is 0.0963. The molecule has 120 valence electrons. The Bertz CT molecular complexity index is 723. The first-order valence-electron chi connectivity index (χ1n) is 7.06. The summed E-state index contributed by atoms with van der Waals surface area (Å²) in [4.78, 5) is 11.8. The lowest BCUT2D eigenvalue weighted by atomic mass is 9.87. The summed E-state index contributed by atoms with van der Waals surface area (Å²) in [5, 5.41) is 19.8. The van der Waals surface area contributed by atoms with Crippen molar-refractivity contribution in [2.75, 3.05) is 13.9 Å². The highest BCUT2D eigenvalue weighted by Gasteiger charge is 2.25. The first-order chi connectivity index (χ1) is 11.1. The van der Waals surface area contributed by atoms with Gasteiger partial charge >= 0.3 is 5.97 Å². The van der Waals surface area contributed by atoms with Gasteiger partial charge in [0, 0.05) is 17.5 Å². The molecule has 0 fully saturated rings. The molecular formula is C17H16O6. The molecule has 23 heavy (non-hydrogen) atoms. The Labute approximate surface area is 132 Å². The number of fused-ring (bicyclic) bond motifs is 1. The average Bonchev–Trinajstić information content (AvgIpc) is 3.00. The van der Waals surface area contributed by atoms with Gasteiger partial charge in [0.2, 0.25) is 6.79 Å². The van der Waals surface area contributed by atoms with Crippen LogP contribution in [-0.4, -0.2) is 30.1 Å². The van der Waals surface area contributed by atoms with Gasteiger partial charge in [0.15, 0.2) is 11.5 Å². The van der Waals surface area contributed by atoms with E-state index in [1.165, 1.54) is 25.3 Å². The van der Waals surface area contributed by atoms with Gasteiger partial charge in [0.05, 0.1) is 13.5 Å². The van der Waals surface area contributed by atoms with Gasteiger partial charge in [0.25, 0.3) is 0 Å². The van der Waals surface area contributed by atoms with Crippen LogP contribution in [0.4, 0.5) is 0 Å². The number of rotatable bonds is 4. The van der Waals surface area contributed by atoms with Gasteiger partial charge in [-0.1, -0.05) is 12.1 Å². The summed E-state index contributed by atoms with van der Waals surface area (Å²) < 4.78 is 15.3. The summed E-state index contributed by atoms with van der Waals surface area (Å²) in [5.41, 5.74) is 1.30. The van der Waals surface area contributed by atoms with Crippen LogP contribution >= 0.6 is 0 Å². The number of esters is 1. The van der Waals surface area contributed by atoms with Gasteiger partial charge in [0.1, 0.15) is 11.5 Å². The van der Waals surface area contributed by atoms with E-state index in [0.29, 0.717) is 17.1 Å². The molecule has 6 heteroatoms. The third-order valence-electron chi connectivity index (χ3n) is 3.79. The minimum absolute atomic E-state index is 0.0104. The van der Waals surface area contributed by atoms with E-state index in [1.807, 2.05) is 0 Å². The van der Waals surface area contributed by atoms with E-state index >= 15 is 0 Å². The van der Waals surface area contributed by atoms with Crippen LogP contribution < -0.4 is 9.47 Å². The Kier molecular flexibility index (Phi) is 3.97. The third-order valence-corrected chi connectivity index (χ3v) is 3.79. The maximum atomic E-state index is 11.8. The second kappa shape index (κ2) is 6.08. The van der Waals surface area contributed by atoms with E-state index in [0.717, 1.165) is 5.56 Å². The van der Waals surface area contributed by atoms with E-state index in [-0.39, 0.29) is 24.7 Å². The number of methoxy groups -OCH3 is 1. The Morgan fingerprint density at radius 1 is 1.17 bits per heavy atom. The van der Waals surface area contributed by atoms with Crippen molar-refractivity contribution in [1.29, 1.82) is 0 Å². The molecule has 2 aromatic carbocycles. The smallest absolute Gasteiger partial charge is 0.306 e. The predicted molar refractivity (Wildman–Crippen MR) is 80.8 cm³/mol. The van der Waals surface area contributed by atoms with E-state index in [1.54, 1.807) is 18.2 Å². The Morgan fingerprint density at radius 2 is 1.83 bits per heavy atom. The molecule has 1 aliphatic heterocycles. The lowest BCUT2D eigenvalue weighted by Crippen LogP contribution is -2.10. The number of carbonyl (C=O) groups is 1. The molecule has 0 aromatic heterocycles. The zero-order valence-electron chi connectivity index (χ0n) is 12.5. The molecule has 1 atom stereocenters. The molecule has 0 unspecified atom stereocenters. The van der Waals surface area contributed by atoms with Crippen molar-refractivity contribution in [3.63, 3.8) is 0 Å². The highest BCUT2D eigenvalue weighted by molar-refractivity contribution is 5.72. The number of hydrogen-bond donors (Lipinski definition) is 2. The zero-order valence-corrected chi connectivity index (χ0v) is 12.5. The standard InChI is InChI=1S/C17H16O6/c1-21-17(20)7-12(10-2-4-11(18)5-3-10)13-6-15-16(8-14(13)19)23-9-22-15/h2-6,8,12,18-19H,7,9H2,1H3/t12-/m0/s1. The van der Waals surface area contributed by atoms with Crippen LogP contribution in [0.15, 0.2) is 36.4 Å². The van der Waals surface area contributed by atoms with E-state index in [9.17, 15) is 15.0 Å². The van der Waals surface area contributed by atoms with Crippen LogP contribution in [0.3, 0.4) is 0 Å². The van der Waals surface area contributed by atoms with Gasteiger partial charge in [-0.25, -0.2) is 0 Å². The normalized spacial score (nSPS) is 13.6. The largest absolute Gasteiger partial charge is 0.508 e. The van der Waals surface area contributed by atoms with Crippen molar-refractivity contribution >= 4 is 5.97 Å². The summed E-state index contributed by atoms with van der Waals surface area (Å²) in [6.07, 6.45) is 0.0501. The maximum absolute atomic E-state index is 11.8. The van der Waals surface area contributed by atoms with Crippen molar-refractivity contribution in [2.45, 2.75) is 12.3 Å². The van der Waals surface area contributed by atoms with Crippen LogP contribution in [-0.2, 0) is 9.53 Å². The van der Waals surface area contributed by atoms with Crippen molar-refractivity contribution in [1.82, 2.24) is 0 Å². The number of phenols is 2. The monoisotopic (exact) mass is 316 g/mol. The van der Waals surface area contributed by atoms with Crippen molar-refractivity contribution in [3.8, 4) is 23.0 Å². The van der Waals surface area contributed by atoms with Crippen molar-refractivity contribution < 1.29 is 29.2 Å². The molecule has 0 radical (unpaired) electrons. The fraction of sp³-hybridized carbons (Fsp3) is 0.235. The predicted octanol–water partition coefficient (Wildman–Crippen LogP) is 2.52. The molecule has 0 amide bonds. The second-order valence-corrected chi connectivity index (χ2v) is 5.19. The Morgan fingerprint density at radius 3 is 2.48 bits per heavy atom. The van der Waals surface area contributed by atoms with Gasteiger partial charge in [-0.15, -0.1) is 0 Å². The molecule has 0 saturated heterocycles. The van der Waals surface area contributed by atoms with E-state index in [2.05, 4.69) is 0 Å². The third kappa shape index (κ3) is 3.01. The summed E-state index contributed by atoms with van der Waals surface area (Å²) in [5.74, 6) is 0.287. The molecule has 3 rings (SSSR count). The number of hydrogen-bond acceptors (Lipinski definition) is 6. The minimum Gasteiger partial charge on any atom is -0.508 e. The van der Waals surface area contributed by atoms with Crippen LogP contribution in [0, 0.1) is 0 Å². The minimum atomic E-state index is -0.433. The Balaban J connectivity index is 2.04. The molecule has 2 aromatic rings. The van der Waals surface area contributed by atoms with Gasteiger partial charge in [-0.3, -0.25) is 4.79 Å². The van der Waals surface area contributed by atoms with E-state index < -0.39 is 11.9 Å². The number of benzene rings is 2. The lowest BCUT2D eigenvalue weighted by Gasteiger charge is -2.18. The molecule has 1 aliphatic rings. The summed E-state index contributed by atoms with van der Waals surface area (Å²) in [6, 6.07) is 9.60. The van der Waals surface area contributed by atoms with Gasteiger partial charge in [-0.2, -0.15) is 0 Å². The van der Waals surface area contributed by atoms with Crippen molar-refractivity contribution in [2.24, 2.45) is 0 Å². The van der Waals surface area contributed by atoms with Gasteiger partial charge < -0.3 is 24.4 Å². The van der Waals surface area contributed by atoms with Gasteiger partial charge in [-0.05, 0) is 23.8 Å². The molecule has 2 N–H and O–H groups in total. The highest BCUT2D eigenvalue weighted by Crippen LogP contribution is 2.43. The van der Waals surface area contributed by atoms with Crippen LogP contribution in [0.25, 0.3) is 0 Å². The zero-order chi connectivity index (χ0) is 16.4. The Hall–Kier alpha value is -2.89. The quantitative estimate of drug-likeness (QED) is 0.843. The molecule has 0 bridgehead atoms. The molecule has 0 spiro atoms. The topological polar surface area (TPSA) is 85.2 Å². The number of carbonyl (C=O) groups excluding carboxylic acids is 1. The number of aromatic hydroxyl groups is 2. The lowest BCUT2D eigenvalue weighted by molar-refractivity contribution is -0.140. The first kappa shape index (κ1) is 15.0. The molecular weight excluding hydrogens is 300 g/mol. The fourth-order valence-electron chi connectivity index (χ4n) is 2.59. The molecule has 0 aliphatic carbocycles. The van der Waals surface area contributed by atoms with Crippen LogP contribution in [0.1, 0.15) is 23.5 Å². The summed E-state index contributed by atoms with van der Waals surface area (Å²) in [7, 11) is 1.32. The number of ether oxygens (including phenoxy) is 3. The summed E-state index contributed by atoms with van der Waals surface area (Å²) >= 11 is 0. The fourth-order valence-corrected chi connectivity index (χ4v) is 2.59. The number of phenolic OH excluding ortho intramolecular Hbond substituents is 2. The second-order valence-electron chi connectivity index (χ2n) is 5.19.